The van der Waals surface area contributed by atoms with Gasteiger partial charge in [0.05, 0.1) is 11.1 Å². The van der Waals surface area contributed by atoms with E-state index >= 15 is 0 Å². The van der Waals surface area contributed by atoms with Gasteiger partial charge < -0.3 is 20.5 Å². The third-order valence-corrected chi connectivity index (χ3v) is 4.62. The summed E-state index contributed by atoms with van der Waals surface area (Å²) in [6.07, 6.45) is 0. The van der Waals surface area contributed by atoms with Crippen molar-refractivity contribution in [1.82, 2.24) is 0 Å². The number of hydrogen-bond acceptors (Lipinski definition) is 5. The van der Waals surface area contributed by atoms with Gasteiger partial charge >= 0.3 is 0 Å². The summed E-state index contributed by atoms with van der Waals surface area (Å²) in [4.78, 5) is 25.0. The van der Waals surface area contributed by atoms with Crippen molar-refractivity contribution >= 4 is 28.2 Å². The number of rotatable bonds is 3. The van der Waals surface area contributed by atoms with Crippen molar-refractivity contribution in [3.05, 3.63) is 39.8 Å². The fourth-order valence-electron chi connectivity index (χ4n) is 2.29. The van der Waals surface area contributed by atoms with Gasteiger partial charge in [0.1, 0.15) is 5.00 Å². The number of aryl methyl sites for hydroxylation is 1. The molecule has 0 atom stereocenters. The first-order valence-electron chi connectivity index (χ1n) is 6.58. The van der Waals surface area contributed by atoms with Crippen LogP contribution in [0.25, 0.3) is 0 Å². The monoisotopic (exact) mass is 318 g/mol. The Morgan fingerprint density at radius 2 is 2.05 bits per heavy atom. The van der Waals surface area contributed by atoms with Crippen LogP contribution in [0.5, 0.6) is 11.5 Å². The molecule has 0 unspecified atom stereocenters. The largest absolute Gasteiger partial charge is 0.454 e. The lowest BCUT2D eigenvalue weighted by Crippen LogP contribution is -2.17. The van der Waals surface area contributed by atoms with Crippen LogP contribution in [0.4, 0.5) is 5.00 Å². The van der Waals surface area contributed by atoms with Crippen molar-refractivity contribution in [3.63, 3.8) is 0 Å². The molecule has 0 radical (unpaired) electrons. The number of carbonyl (C=O) groups excluding carboxylic acids is 2. The zero-order chi connectivity index (χ0) is 15.9. The molecule has 22 heavy (non-hydrogen) atoms. The molecule has 114 valence electrons. The van der Waals surface area contributed by atoms with Crippen molar-refractivity contribution < 1.29 is 19.1 Å². The second-order valence-corrected chi connectivity index (χ2v) is 6.07. The molecule has 0 aliphatic carbocycles. The highest BCUT2D eigenvalue weighted by Crippen LogP contribution is 2.37. The summed E-state index contributed by atoms with van der Waals surface area (Å²) >= 11 is 1.32. The predicted octanol–water partition coefficient (Wildman–Crippen LogP) is 2.44. The molecule has 3 N–H and O–H groups in total. The number of anilines is 1. The molecule has 2 heterocycles. The van der Waals surface area contributed by atoms with Gasteiger partial charge in [-0.1, -0.05) is 6.07 Å². The van der Waals surface area contributed by atoms with E-state index in [4.69, 9.17) is 15.2 Å². The van der Waals surface area contributed by atoms with Crippen molar-refractivity contribution in [3.8, 4) is 11.5 Å². The average molecular weight is 318 g/mol. The standard InChI is InChI=1S/C15H14N2O4S/c1-7-8(2)22-15(11(7)13(16)18)17-14(19)9-4-3-5-10-12(9)21-6-20-10/h3-5H,6H2,1-2H3,(H2,16,18)(H,17,19). The van der Waals surface area contributed by atoms with Crippen LogP contribution in [-0.2, 0) is 0 Å². The zero-order valence-corrected chi connectivity index (χ0v) is 12.9. The summed E-state index contributed by atoms with van der Waals surface area (Å²) in [6, 6.07) is 5.08. The van der Waals surface area contributed by atoms with Crippen molar-refractivity contribution in [2.24, 2.45) is 5.73 Å². The summed E-state index contributed by atoms with van der Waals surface area (Å²) in [5.74, 6) is 0.00747. The summed E-state index contributed by atoms with van der Waals surface area (Å²) in [7, 11) is 0. The van der Waals surface area contributed by atoms with Crippen LogP contribution in [-0.4, -0.2) is 18.6 Å². The van der Waals surface area contributed by atoms with Crippen LogP contribution in [0, 0.1) is 13.8 Å². The van der Waals surface area contributed by atoms with Crippen molar-refractivity contribution in [2.45, 2.75) is 13.8 Å². The second kappa shape index (κ2) is 5.34. The third kappa shape index (κ3) is 2.29. The molecule has 7 heteroatoms. The van der Waals surface area contributed by atoms with Gasteiger partial charge in [0.15, 0.2) is 11.5 Å². The first kappa shape index (κ1) is 14.4. The highest BCUT2D eigenvalue weighted by molar-refractivity contribution is 7.16. The number of hydrogen-bond donors (Lipinski definition) is 2. The van der Waals surface area contributed by atoms with Gasteiger partial charge in [0, 0.05) is 4.88 Å². The molecule has 0 spiro atoms. The number of para-hydroxylation sites is 1. The lowest BCUT2D eigenvalue weighted by atomic mass is 10.1. The molecular formula is C15H14N2O4S. The van der Waals surface area contributed by atoms with E-state index < -0.39 is 5.91 Å². The Labute approximate surface area is 130 Å². The second-order valence-electron chi connectivity index (χ2n) is 4.85. The molecule has 2 amide bonds. The summed E-state index contributed by atoms with van der Waals surface area (Å²) in [5, 5.41) is 3.19. The molecule has 1 aliphatic rings. The molecule has 1 aliphatic heterocycles. The van der Waals surface area contributed by atoms with Crippen LogP contribution in [0.15, 0.2) is 18.2 Å². The van der Waals surface area contributed by atoms with E-state index in [1.165, 1.54) is 11.3 Å². The fourth-order valence-corrected chi connectivity index (χ4v) is 3.35. The molecule has 0 bridgehead atoms. The van der Waals surface area contributed by atoms with Gasteiger partial charge in [-0.3, -0.25) is 9.59 Å². The minimum atomic E-state index is -0.560. The SMILES string of the molecule is Cc1sc(NC(=O)c2cccc3c2OCO3)c(C(N)=O)c1C. The van der Waals surface area contributed by atoms with Crippen molar-refractivity contribution in [2.75, 3.05) is 12.1 Å². The van der Waals surface area contributed by atoms with E-state index in [0.29, 0.717) is 27.6 Å². The van der Waals surface area contributed by atoms with E-state index in [2.05, 4.69) is 5.32 Å². The highest BCUT2D eigenvalue weighted by Gasteiger charge is 2.24. The lowest BCUT2D eigenvalue weighted by molar-refractivity contribution is 0.100. The first-order chi connectivity index (χ1) is 10.5. The molecule has 1 aromatic heterocycles. The molecule has 6 nitrogen and oxygen atoms in total. The summed E-state index contributed by atoms with van der Waals surface area (Å²) in [5.41, 5.74) is 6.89. The van der Waals surface area contributed by atoms with E-state index in [1.54, 1.807) is 25.1 Å². The number of thiophene rings is 1. The number of primary amides is 1. The van der Waals surface area contributed by atoms with E-state index in [1.807, 2.05) is 6.92 Å². The number of carbonyl (C=O) groups is 2. The maximum atomic E-state index is 12.5. The van der Waals surface area contributed by atoms with Crippen LogP contribution in [0.2, 0.25) is 0 Å². The van der Waals surface area contributed by atoms with Crippen LogP contribution in [0.1, 0.15) is 31.2 Å². The molecule has 0 saturated carbocycles. The van der Waals surface area contributed by atoms with E-state index in [0.717, 1.165) is 10.4 Å². The topological polar surface area (TPSA) is 90.7 Å². The predicted molar refractivity (Wildman–Crippen MR) is 82.8 cm³/mol. The Morgan fingerprint density at radius 1 is 1.27 bits per heavy atom. The Balaban J connectivity index is 1.95. The Kier molecular flexibility index (Phi) is 3.50. The maximum absolute atomic E-state index is 12.5. The van der Waals surface area contributed by atoms with Crippen LogP contribution >= 0.6 is 11.3 Å². The van der Waals surface area contributed by atoms with Gasteiger partial charge in [0.25, 0.3) is 11.8 Å². The first-order valence-corrected chi connectivity index (χ1v) is 7.40. The number of fused-ring (bicyclic) bond motifs is 1. The van der Waals surface area contributed by atoms with Gasteiger partial charge in [-0.25, -0.2) is 0 Å². The number of nitrogens with two attached hydrogens (primary N) is 1. The number of benzene rings is 1. The summed E-state index contributed by atoms with van der Waals surface area (Å²) < 4.78 is 10.6. The summed E-state index contributed by atoms with van der Waals surface area (Å²) in [6.45, 7) is 3.77. The van der Waals surface area contributed by atoms with Crippen LogP contribution < -0.4 is 20.5 Å². The number of nitrogens with one attached hydrogen (secondary N) is 1. The minimum Gasteiger partial charge on any atom is -0.454 e. The molecule has 0 fully saturated rings. The van der Waals surface area contributed by atoms with Crippen molar-refractivity contribution in [1.29, 1.82) is 0 Å². The Hall–Kier alpha value is -2.54. The van der Waals surface area contributed by atoms with E-state index in [-0.39, 0.29) is 12.7 Å². The smallest absolute Gasteiger partial charge is 0.260 e. The average Bonchev–Trinajstić information content (AvgIpc) is 3.03. The van der Waals surface area contributed by atoms with Gasteiger partial charge in [-0.2, -0.15) is 0 Å². The van der Waals surface area contributed by atoms with Crippen LogP contribution in [0.3, 0.4) is 0 Å². The molecule has 2 aromatic rings. The fraction of sp³-hybridized carbons (Fsp3) is 0.200. The Morgan fingerprint density at radius 3 is 2.77 bits per heavy atom. The Bertz CT molecular complexity index is 782. The normalized spacial score (nSPS) is 12.3. The minimum absolute atomic E-state index is 0.0867. The maximum Gasteiger partial charge on any atom is 0.260 e. The van der Waals surface area contributed by atoms with Gasteiger partial charge in [-0.05, 0) is 31.5 Å². The molecule has 0 saturated heterocycles. The lowest BCUT2D eigenvalue weighted by Gasteiger charge is -2.07. The molecule has 1 aromatic carbocycles. The number of amides is 2. The van der Waals surface area contributed by atoms with Gasteiger partial charge in [0.2, 0.25) is 6.79 Å². The molecular weight excluding hydrogens is 304 g/mol. The highest BCUT2D eigenvalue weighted by atomic mass is 32.1. The van der Waals surface area contributed by atoms with Gasteiger partial charge in [-0.15, -0.1) is 11.3 Å². The van der Waals surface area contributed by atoms with E-state index in [9.17, 15) is 9.59 Å². The quantitative estimate of drug-likeness (QED) is 0.909. The zero-order valence-electron chi connectivity index (χ0n) is 12.1. The number of ether oxygens (including phenoxy) is 2. The molecule has 3 rings (SSSR count). The third-order valence-electron chi connectivity index (χ3n) is 3.50.